The number of allylic oxidation sites excluding steroid dienone is 2. The number of nitrogens with zero attached hydrogens (tertiary/aromatic N) is 2. The summed E-state index contributed by atoms with van der Waals surface area (Å²) < 4.78 is 28.4. The van der Waals surface area contributed by atoms with Gasteiger partial charge in [-0.1, -0.05) is 26.3 Å². The Morgan fingerprint density at radius 1 is 1.40 bits per heavy atom. The first-order chi connectivity index (χ1) is 14.2. The number of hydrazine groups is 1. The monoisotopic (exact) mass is 428 g/mol. The highest BCUT2D eigenvalue weighted by Gasteiger charge is 2.47. The van der Waals surface area contributed by atoms with Crippen molar-refractivity contribution < 1.29 is 18.5 Å². The molecule has 0 aromatic rings. The van der Waals surface area contributed by atoms with E-state index in [0.717, 1.165) is 24.3 Å². The molecule has 9 heteroatoms. The normalized spacial score (nSPS) is 29.4. The number of rotatable bonds is 10. The zero-order chi connectivity index (χ0) is 22.4. The maximum Gasteiger partial charge on any atom is 0.354 e. The van der Waals surface area contributed by atoms with E-state index in [1.165, 1.54) is 0 Å². The Kier molecular flexibility index (Phi) is 8.76. The van der Waals surface area contributed by atoms with Crippen molar-refractivity contribution in [2.45, 2.75) is 83.7 Å². The summed E-state index contributed by atoms with van der Waals surface area (Å²) in [6, 6.07) is 0. The number of hydrogen-bond donors (Lipinski definition) is 2. The van der Waals surface area contributed by atoms with E-state index in [-0.39, 0.29) is 30.4 Å². The van der Waals surface area contributed by atoms with E-state index in [1.807, 2.05) is 13.8 Å². The van der Waals surface area contributed by atoms with Gasteiger partial charge in [-0.05, 0) is 44.4 Å². The Morgan fingerprint density at radius 2 is 2.10 bits per heavy atom. The fourth-order valence-corrected chi connectivity index (χ4v) is 4.75. The highest BCUT2D eigenvalue weighted by atomic mass is 19.1. The Hall–Kier alpha value is -2.03. The molecular formula is C21H34F2N4O3. The lowest BCUT2D eigenvalue weighted by atomic mass is 9.74. The van der Waals surface area contributed by atoms with Crippen molar-refractivity contribution in [2.24, 2.45) is 23.6 Å². The Morgan fingerprint density at radius 3 is 2.67 bits per heavy atom. The first kappa shape index (κ1) is 24.2. The van der Waals surface area contributed by atoms with Crippen LogP contribution in [0, 0.1) is 27.9 Å². The summed E-state index contributed by atoms with van der Waals surface area (Å²) in [5.74, 6) is 4.06. The molecule has 0 radical (unpaired) electrons. The van der Waals surface area contributed by atoms with Gasteiger partial charge in [0.1, 0.15) is 24.2 Å². The molecule has 0 bridgehead atoms. The number of halogens is 2. The first-order valence-electron chi connectivity index (χ1n) is 10.8. The standard InChI is InChI=1S/C21H34F2N4O3/c1-4-6-7-9-13(3)18-19(27(29)30)21(28)26(24)20(25-18)16(8-5-2)15-11-10-14(22)12-17(15)23/h4,13-17,20,25H,1,5-12,24H2,2-3H3. The average molecular weight is 429 g/mol. The second kappa shape index (κ2) is 10.8. The summed E-state index contributed by atoms with van der Waals surface area (Å²) in [4.78, 5) is 23.8. The summed E-state index contributed by atoms with van der Waals surface area (Å²) in [7, 11) is 0. The van der Waals surface area contributed by atoms with E-state index in [4.69, 9.17) is 5.84 Å². The number of alkyl halides is 2. The quantitative estimate of drug-likeness (QED) is 0.137. The van der Waals surface area contributed by atoms with Crippen LogP contribution in [-0.4, -0.2) is 34.3 Å². The van der Waals surface area contributed by atoms with Gasteiger partial charge in [-0.25, -0.2) is 19.6 Å². The highest BCUT2D eigenvalue weighted by Crippen LogP contribution is 2.39. The van der Waals surface area contributed by atoms with Gasteiger partial charge >= 0.3 is 11.6 Å². The lowest BCUT2D eigenvalue weighted by Gasteiger charge is -2.44. The van der Waals surface area contributed by atoms with Gasteiger partial charge in [-0.3, -0.25) is 14.9 Å². The van der Waals surface area contributed by atoms with Crippen LogP contribution in [0.1, 0.15) is 65.2 Å². The van der Waals surface area contributed by atoms with Crippen LogP contribution in [0.15, 0.2) is 24.0 Å². The highest BCUT2D eigenvalue weighted by molar-refractivity contribution is 5.92. The summed E-state index contributed by atoms with van der Waals surface area (Å²) in [6.07, 6.45) is 2.48. The molecule has 1 fully saturated rings. The van der Waals surface area contributed by atoms with Crippen LogP contribution >= 0.6 is 0 Å². The maximum atomic E-state index is 14.8. The summed E-state index contributed by atoms with van der Waals surface area (Å²) >= 11 is 0. The van der Waals surface area contributed by atoms with Crippen LogP contribution in [0.4, 0.5) is 8.78 Å². The van der Waals surface area contributed by atoms with Crippen molar-refractivity contribution in [2.75, 3.05) is 0 Å². The molecule has 1 saturated carbocycles. The topological polar surface area (TPSA) is 102 Å². The fourth-order valence-electron chi connectivity index (χ4n) is 4.75. The minimum Gasteiger partial charge on any atom is -0.361 e. The van der Waals surface area contributed by atoms with Crippen LogP contribution in [0.25, 0.3) is 0 Å². The predicted molar refractivity (Wildman–Crippen MR) is 111 cm³/mol. The molecule has 0 aromatic heterocycles. The number of amides is 1. The van der Waals surface area contributed by atoms with E-state index in [1.54, 1.807) is 6.08 Å². The van der Waals surface area contributed by atoms with Gasteiger partial charge in [0.05, 0.1) is 4.92 Å². The molecule has 30 heavy (non-hydrogen) atoms. The number of unbranched alkanes of at least 4 members (excludes halogenated alkanes) is 1. The van der Waals surface area contributed by atoms with E-state index in [2.05, 4.69) is 11.9 Å². The number of nitrogens with two attached hydrogens (primary N) is 1. The van der Waals surface area contributed by atoms with Crippen molar-refractivity contribution >= 4 is 5.91 Å². The van der Waals surface area contributed by atoms with Crippen LogP contribution in [0.2, 0.25) is 0 Å². The minimum absolute atomic E-state index is 0.156. The van der Waals surface area contributed by atoms with Gasteiger partial charge in [0.2, 0.25) is 0 Å². The Bertz CT molecular complexity index is 673. The molecule has 6 unspecified atom stereocenters. The predicted octanol–water partition coefficient (Wildman–Crippen LogP) is 3.99. The Balaban J connectivity index is 2.35. The van der Waals surface area contributed by atoms with Crippen molar-refractivity contribution in [1.29, 1.82) is 0 Å². The first-order valence-corrected chi connectivity index (χ1v) is 10.8. The molecule has 1 aliphatic carbocycles. The van der Waals surface area contributed by atoms with Gasteiger partial charge in [0, 0.05) is 18.3 Å². The lowest BCUT2D eigenvalue weighted by Crippen LogP contribution is -2.63. The summed E-state index contributed by atoms with van der Waals surface area (Å²) in [5.41, 5.74) is -0.309. The SMILES string of the molecule is C=CCCCC(C)C1=C([N+](=O)[O-])C(=O)N(N)C(C(CCC)C2CCC(F)CC2F)N1. The van der Waals surface area contributed by atoms with Crippen molar-refractivity contribution in [3.8, 4) is 0 Å². The summed E-state index contributed by atoms with van der Waals surface area (Å²) in [5, 5.41) is 15.6. The number of nitrogens with one attached hydrogen (secondary N) is 1. The molecule has 0 spiro atoms. The molecule has 0 saturated heterocycles. The number of carbonyl (C=O) groups is 1. The smallest absolute Gasteiger partial charge is 0.354 e. The number of nitro groups is 1. The fraction of sp³-hybridized carbons (Fsp3) is 0.762. The summed E-state index contributed by atoms with van der Waals surface area (Å²) in [6.45, 7) is 7.45. The molecule has 1 aliphatic heterocycles. The van der Waals surface area contributed by atoms with Crippen LogP contribution < -0.4 is 11.2 Å². The Labute approximate surface area is 176 Å². The third-order valence-corrected chi connectivity index (χ3v) is 6.35. The number of hydrogen-bond acceptors (Lipinski definition) is 5. The molecule has 2 aliphatic rings. The second-order valence-corrected chi connectivity index (χ2v) is 8.48. The number of carbonyl (C=O) groups excluding carboxylic acids is 1. The molecule has 170 valence electrons. The zero-order valence-electron chi connectivity index (χ0n) is 17.9. The van der Waals surface area contributed by atoms with Gasteiger partial charge in [0.15, 0.2) is 0 Å². The third kappa shape index (κ3) is 5.36. The van der Waals surface area contributed by atoms with E-state index in [9.17, 15) is 23.7 Å². The zero-order valence-corrected chi connectivity index (χ0v) is 17.9. The maximum absolute atomic E-state index is 14.8. The van der Waals surface area contributed by atoms with Crippen LogP contribution in [0.3, 0.4) is 0 Å². The average Bonchev–Trinajstić information content (AvgIpc) is 2.68. The molecule has 2 rings (SSSR count). The second-order valence-electron chi connectivity index (χ2n) is 8.48. The molecule has 6 atom stereocenters. The molecule has 0 aromatic carbocycles. The molecule has 1 amide bonds. The van der Waals surface area contributed by atoms with Gasteiger partial charge < -0.3 is 5.32 Å². The molecular weight excluding hydrogens is 394 g/mol. The van der Waals surface area contributed by atoms with Gasteiger partial charge in [-0.15, -0.1) is 6.58 Å². The minimum atomic E-state index is -1.33. The largest absolute Gasteiger partial charge is 0.361 e. The van der Waals surface area contributed by atoms with Crippen molar-refractivity contribution in [3.05, 3.63) is 34.2 Å². The van der Waals surface area contributed by atoms with E-state index in [0.29, 0.717) is 19.3 Å². The van der Waals surface area contributed by atoms with Gasteiger partial charge in [0.25, 0.3) is 0 Å². The van der Waals surface area contributed by atoms with Crippen LogP contribution in [-0.2, 0) is 4.79 Å². The van der Waals surface area contributed by atoms with Crippen molar-refractivity contribution in [1.82, 2.24) is 10.3 Å². The third-order valence-electron chi connectivity index (χ3n) is 6.35. The molecule has 7 nitrogen and oxygen atoms in total. The van der Waals surface area contributed by atoms with E-state index >= 15 is 0 Å². The van der Waals surface area contributed by atoms with Gasteiger partial charge in [-0.2, -0.15) is 0 Å². The molecule has 1 heterocycles. The lowest BCUT2D eigenvalue weighted by molar-refractivity contribution is -0.423. The van der Waals surface area contributed by atoms with Crippen LogP contribution in [0.5, 0.6) is 0 Å². The van der Waals surface area contributed by atoms with E-state index < -0.39 is 41.0 Å². The molecule has 3 N–H and O–H groups in total. The van der Waals surface area contributed by atoms with Crippen molar-refractivity contribution in [3.63, 3.8) is 0 Å².